The second-order valence-corrected chi connectivity index (χ2v) is 33.3. The SMILES string of the molecule is CCCCCCCCCCCCCCCCCCCCCC(=O)O[C@H](COC(=O)CCCCCCCCCCCCCCCCCCC)COP(=O)(O)OC[C@@H](O)COP(=O)(O)OC[C@@H](COC(=O)CCCCCCCCCC(C)C)OC(=O)CCCCCCCCCCCCCCCCCC. The molecule has 17 nitrogen and oxygen atoms in total. The fourth-order valence-electron chi connectivity index (χ4n) is 12.9. The molecule has 0 aliphatic rings. The Morgan fingerprint density at radius 1 is 0.265 bits per heavy atom. The number of phosphoric ester groups is 2. The summed E-state index contributed by atoms with van der Waals surface area (Å²) in [5, 5.41) is 10.7. The van der Waals surface area contributed by atoms with Crippen LogP contribution < -0.4 is 0 Å². The largest absolute Gasteiger partial charge is 0.472 e. The van der Waals surface area contributed by atoms with Crippen LogP contribution in [0.4, 0.5) is 0 Å². The Balaban J connectivity index is 5.23. The molecule has 0 bridgehead atoms. The van der Waals surface area contributed by atoms with Crippen molar-refractivity contribution in [1.29, 1.82) is 0 Å². The van der Waals surface area contributed by atoms with Crippen LogP contribution >= 0.6 is 15.6 Å². The third-order valence-corrected chi connectivity index (χ3v) is 21.4. The van der Waals surface area contributed by atoms with Gasteiger partial charge < -0.3 is 33.8 Å². The van der Waals surface area contributed by atoms with Gasteiger partial charge in [0.1, 0.15) is 19.3 Å². The summed E-state index contributed by atoms with van der Waals surface area (Å²) in [4.78, 5) is 73.1. The smallest absolute Gasteiger partial charge is 0.462 e. The number of esters is 4. The lowest BCUT2D eigenvalue weighted by molar-refractivity contribution is -0.161. The molecular formula is C83H162O17P2. The van der Waals surface area contributed by atoms with Crippen molar-refractivity contribution in [1.82, 2.24) is 0 Å². The van der Waals surface area contributed by atoms with Crippen molar-refractivity contribution < 1.29 is 80.2 Å². The van der Waals surface area contributed by atoms with Crippen LogP contribution in [0.3, 0.4) is 0 Å². The fourth-order valence-corrected chi connectivity index (χ4v) is 14.5. The summed E-state index contributed by atoms with van der Waals surface area (Å²) in [6.45, 7) is 7.30. The molecule has 0 amide bonds. The van der Waals surface area contributed by atoms with Crippen molar-refractivity contribution in [2.75, 3.05) is 39.6 Å². The lowest BCUT2D eigenvalue weighted by atomic mass is 10.0. The van der Waals surface area contributed by atoms with E-state index in [2.05, 4.69) is 34.6 Å². The van der Waals surface area contributed by atoms with E-state index in [0.717, 1.165) is 96.3 Å². The van der Waals surface area contributed by atoms with Gasteiger partial charge in [0, 0.05) is 25.7 Å². The topological polar surface area (TPSA) is 237 Å². The molecule has 0 aromatic rings. The van der Waals surface area contributed by atoms with Crippen molar-refractivity contribution >= 4 is 39.5 Å². The lowest BCUT2D eigenvalue weighted by Crippen LogP contribution is -2.30. The second kappa shape index (κ2) is 75.9. The number of hydrogen-bond donors (Lipinski definition) is 3. The zero-order valence-electron chi connectivity index (χ0n) is 66.8. The molecule has 0 saturated heterocycles. The molecule has 5 atom stereocenters. The first-order valence-corrected chi connectivity index (χ1v) is 46.1. The highest BCUT2D eigenvalue weighted by molar-refractivity contribution is 7.47. The molecule has 0 saturated carbocycles. The molecule has 0 rings (SSSR count). The Bertz CT molecular complexity index is 1940. The maximum absolute atomic E-state index is 13.1. The van der Waals surface area contributed by atoms with Crippen LogP contribution in [-0.2, 0) is 65.4 Å². The Hall–Kier alpha value is -1.94. The molecule has 102 heavy (non-hydrogen) atoms. The lowest BCUT2D eigenvalue weighted by Gasteiger charge is -2.21. The minimum atomic E-state index is -4.96. The van der Waals surface area contributed by atoms with Gasteiger partial charge in [0.2, 0.25) is 0 Å². The second-order valence-electron chi connectivity index (χ2n) is 30.3. The van der Waals surface area contributed by atoms with E-state index >= 15 is 0 Å². The van der Waals surface area contributed by atoms with Crippen LogP contribution in [-0.4, -0.2) is 96.7 Å². The van der Waals surface area contributed by atoms with Gasteiger partial charge in [-0.3, -0.25) is 37.3 Å². The predicted molar refractivity (Wildman–Crippen MR) is 418 cm³/mol. The van der Waals surface area contributed by atoms with E-state index in [1.807, 2.05) is 0 Å². The zero-order chi connectivity index (χ0) is 74.8. The number of carbonyl (C=O) groups is 4. The van der Waals surface area contributed by atoms with Gasteiger partial charge in [-0.2, -0.15) is 0 Å². The third-order valence-electron chi connectivity index (χ3n) is 19.5. The molecule has 2 unspecified atom stereocenters. The summed E-state index contributed by atoms with van der Waals surface area (Å²) >= 11 is 0. The highest BCUT2D eigenvalue weighted by Gasteiger charge is 2.30. The molecule has 0 heterocycles. The van der Waals surface area contributed by atoms with E-state index in [4.69, 9.17) is 37.0 Å². The highest BCUT2D eigenvalue weighted by atomic mass is 31.2. The van der Waals surface area contributed by atoms with Gasteiger partial charge in [0.15, 0.2) is 12.2 Å². The van der Waals surface area contributed by atoms with E-state index in [1.165, 1.54) is 263 Å². The molecule has 0 spiro atoms. The van der Waals surface area contributed by atoms with Crippen molar-refractivity contribution in [2.45, 2.75) is 464 Å². The monoisotopic (exact) mass is 1490 g/mol. The maximum Gasteiger partial charge on any atom is 0.472 e. The quantitative estimate of drug-likeness (QED) is 0.0222. The number of aliphatic hydroxyl groups is 1. The van der Waals surface area contributed by atoms with Crippen LogP contribution in [0, 0.1) is 5.92 Å². The number of hydrogen-bond acceptors (Lipinski definition) is 15. The first-order valence-electron chi connectivity index (χ1n) is 43.1. The van der Waals surface area contributed by atoms with E-state index < -0.39 is 97.5 Å². The van der Waals surface area contributed by atoms with Crippen molar-refractivity contribution in [3.8, 4) is 0 Å². The maximum atomic E-state index is 13.1. The van der Waals surface area contributed by atoms with Crippen LogP contribution in [0.25, 0.3) is 0 Å². The van der Waals surface area contributed by atoms with Crippen LogP contribution in [0.1, 0.15) is 446 Å². The predicted octanol–water partition coefficient (Wildman–Crippen LogP) is 25.2. The molecule has 0 radical (unpaired) electrons. The number of ether oxygens (including phenoxy) is 4. The standard InChI is InChI=1S/C83H162O17P2/c1-6-9-12-15-18-21-24-27-30-33-34-36-39-42-45-48-53-59-64-68-82(87)99-78(72-93-80(85)66-61-56-51-46-43-40-38-35-31-28-25-22-19-16-13-10-7-2)74-97-101(89,90)95-70-77(84)71-96-102(91,92)98-75-79(73-94-81(86)67-62-57-54-49-50-55-60-65-76(4)5)100-83(88)69-63-58-52-47-44-41-37-32-29-26-23-20-17-14-11-8-3/h76-79,84H,6-75H2,1-5H3,(H,89,90)(H,91,92)/t77-,78-,79-/m1/s1. The van der Waals surface area contributed by atoms with Gasteiger partial charge in [0.25, 0.3) is 0 Å². The third kappa shape index (κ3) is 76.3. The Morgan fingerprint density at radius 3 is 0.667 bits per heavy atom. The summed E-state index contributed by atoms with van der Waals surface area (Å²) < 4.78 is 68.8. The number of phosphoric acid groups is 2. The summed E-state index contributed by atoms with van der Waals surface area (Å²) in [5.74, 6) is -1.40. The van der Waals surface area contributed by atoms with Crippen molar-refractivity contribution in [3.05, 3.63) is 0 Å². The molecule has 3 N–H and O–H groups in total. The first-order chi connectivity index (χ1) is 49.5. The summed E-state index contributed by atoms with van der Waals surface area (Å²) in [6.07, 6.45) is 68.1. The first kappa shape index (κ1) is 100. The molecular weight excluding hydrogens is 1330 g/mol. The van der Waals surface area contributed by atoms with Crippen molar-refractivity contribution in [3.63, 3.8) is 0 Å². The molecule has 0 aromatic heterocycles. The van der Waals surface area contributed by atoms with E-state index in [1.54, 1.807) is 0 Å². The van der Waals surface area contributed by atoms with E-state index in [-0.39, 0.29) is 25.7 Å². The van der Waals surface area contributed by atoms with Gasteiger partial charge in [-0.15, -0.1) is 0 Å². The molecule has 0 aliphatic carbocycles. The Kier molecular flexibility index (Phi) is 74.4. The highest BCUT2D eigenvalue weighted by Crippen LogP contribution is 2.45. The Morgan fingerprint density at radius 2 is 0.451 bits per heavy atom. The molecule has 0 fully saturated rings. The molecule has 0 aromatic carbocycles. The van der Waals surface area contributed by atoms with Crippen LogP contribution in [0.15, 0.2) is 0 Å². The molecule has 19 heteroatoms. The van der Waals surface area contributed by atoms with Crippen molar-refractivity contribution in [2.24, 2.45) is 5.92 Å². The van der Waals surface area contributed by atoms with Gasteiger partial charge in [-0.1, -0.05) is 394 Å². The number of carbonyl (C=O) groups excluding carboxylic acids is 4. The normalized spacial score (nSPS) is 13.8. The van der Waals surface area contributed by atoms with Gasteiger partial charge >= 0.3 is 39.5 Å². The van der Waals surface area contributed by atoms with Crippen LogP contribution in [0.5, 0.6) is 0 Å². The summed E-state index contributed by atoms with van der Waals surface area (Å²) in [7, 11) is -9.92. The van der Waals surface area contributed by atoms with Gasteiger partial charge in [-0.25, -0.2) is 9.13 Å². The average molecular weight is 1490 g/mol. The number of unbranched alkanes of at least 4 members (excludes halogenated alkanes) is 55. The minimum Gasteiger partial charge on any atom is -0.462 e. The fraction of sp³-hybridized carbons (Fsp3) is 0.952. The number of rotatable bonds is 83. The van der Waals surface area contributed by atoms with Gasteiger partial charge in [0.05, 0.1) is 26.4 Å². The molecule has 606 valence electrons. The summed E-state index contributed by atoms with van der Waals surface area (Å²) in [6, 6.07) is 0. The number of aliphatic hydroxyl groups excluding tert-OH is 1. The molecule has 0 aliphatic heterocycles. The zero-order valence-corrected chi connectivity index (χ0v) is 68.5. The average Bonchev–Trinajstić information content (AvgIpc) is 0.915. The van der Waals surface area contributed by atoms with E-state index in [9.17, 15) is 43.2 Å². The van der Waals surface area contributed by atoms with Gasteiger partial charge in [-0.05, 0) is 31.6 Å². The Labute approximate surface area is 626 Å². The van der Waals surface area contributed by atoms with E-state index in [0.29, 0.717) is 31.6 Å². The summed E-state index contributed by atoms with van der Waals surface area (Å²) in [5.41, 5.74) is 0. The van der Waals surface area contributed by atoms with Crippen LogP contribution in [0.2, 0.25) is 0 Å². The minimum absolute atomic E-state index is 0.108.